The minimum atomic E-state index is -0.759. The van der Waals surface area contributed by atoms with Gasteiger partial charge in [0.2, 0.25) is 5.91 Å². The SMILES string of the molecule is COCCOc1c(Cl)cccc1NC(=O)C(N)COC. The summed E-state index contributed by atoms with van der Waals surface area (Å²) in [5.41, 5.74) is 6.12. The number of nitrogens with two attached hydrogens (primary N) is 1. The van der Waals surface area contributed by atoms with Crippen molar-refractivity contribution in [2.24, 2.45) is 5.73 Å². The minimum Gasteiger partial charge on any atom is -0.487 e. The fraction of sp³-hybridized carbons (Fsp3) is 0.462. The zero-order valence-corrected chi connectivity index (χ0v) is 12.3. The zero-order valence-electron chi connectivity index (χ0n) is 11.5. The Morgan fingerprint density at radius 2 is 2.10 bits per heavy atom. The predicted octanol–water partition coefficient (Wildman–Crippen LogP) is 1.28. The van der Waals surface area contributed by atoms with Gasteiger partial charge >= 0.3 is 0 Å². The Morgan fingerprint density at radius 3 is 2.75 bits per heavy atom. The molecule has 1 amide bonds. The van der Waals surface area contributed by atoms with Crippen LogP contribution in [0.5, 0.6) is 5.75 Å². The fourth-order valence-corrected chi connectivity index (χ4v) is 1.69. The molecule has 6 nitrogen and oxygen atoms in total. The van der Waals surface area contributed by atoms with Gasteiger partial charge in [0, 0.05) is 14.2 Å². The number of halogens is 1. The second-order valence-electron chi connectivity index (χ2n) is 4.01. The number of carbonyl (C=O) groups excluding carboxylic acids is 1. The first-order valence-corrected chi connectivity index (χ1v) is 6.43. The molecule has 1 rings (SSSR count). The van der Waals surface area contributed by atoms with Crippen molar-refractivity contribution in [3.05, 3.63) is 23.2 Å². The lowest BCUT2D eigenvalue weighted by atomic mass is 10.2. The number of rotatable bonds is 8. The molecule has 112 valence electrons. The first-order valence-electron chi connectivity index (χ1n) is 6.05. The van der Waals surface area contributed by atoms with Crippen molar-refractivity contribution in [3.8, 4) is 5.75 Å². The molecule has 0 bridgehead atoms. The summed E-state index contributed by atoms with van der Waals surface area (Å²) < 4.78 is 15.2. The molecule has 0 heterocycles. The van der Waals surface area contributed by atoms with Crippen LogP contribution in [0.25, 0.3) is 0 Å². The number of hydrogen-bond acceptors (Lipinski definition) is 5. The Morgan fingerprint density at radius 1 is 1.35 bits per heavy atom. The molecule has 0 saturated heterocycles. The van der Waals surface area contributed by atoms with Crippen LogP contribution in [0.1, 0.15) is 0 Å². The van der Waals surface area contributed by atoms with Crippen LogP contribution < -0.4 is 15.8 Å². The highest BCUT2D eigenvalue weighted by molar-refractivity contribution is 6.32. The van der Waals surface area contributed by atoms with E-state index in [0.717, 1.165) is 0 Å². The summed E-state index contributed by atoms with van der Waals surface area (Å²) in [6.07, 6.45) is 0. The Kier molecular flexibility index (Phi) is 7.32. The summed E-state index contributed by atoms with van der Waals surface area (Å²) in [6, 6.07) is 4.31. The van der Waals surface area contributed by atoms with Gasteiger partial charge in [-0.3, -0.25) is 4.79 Å². The quantitative estimate of drug-likeness (QED) is 0.707. The van der Waals surface area contributed by atoms with Gasteiger partial charge in [0.25, 0.3) is 0 Å². The standard InChI is InChI=1S/C13H19ClN2O4/c1-18-6-7-20-12-9(14)4-3-5-11(12)16-13(17)10(15)8-19-2/h3-5,10H,6-8,15H2,1-2H3,(H,16,17). The molecule has 0 radical (unpaired) electrons. The molecule has 3 N–H and O–H groups in total. The van der Waals surface area contributed by atoms with Crippen molar-refractivity contribution in [2.75, 3.05) is 39.4 Å². The van der Waals surface area contributed by atoms with Gasteiger partial charge in [-0.2, -0.15) is 0 Å². The van der Waals surface area contributed by atoms with Crippen molar-refractivity contribution in [1.82, 2.24) is 0 Å². The number of ether oxygens (including phenoxy) is 3. The lowest BCUT2D eigenvalue weighted by molar-refractivity contribution is -0.118. The number of para-hydroxylation sites is 1. The van der Waals surface area contributed by atoms with Crippen LogP contribution in [-0.4, -0.2) is 46.0 Å². The minimum absolute atomic E-state index is 0.131. The van der Waals surface area contributed by atoms with Gasteiger partial charge in [-0.25, -0.2) is 0 Å². The molecular weight excluding hydrogens is 284 g/mol. The van der Waals surface area contributed by atoms with Crippen molar-refractivity contribution in [1.29, 1.82) is 0 Å². The lowest BCUT2D eigenvalue weighted by Crippen LogP contribution is -2.39. The molecule has 1 aromatic rings. The molecule has 7 heteroatoms. The van der Waals surface area contributed by atoms with E-state index in [9.17, 15) is 4.79 Å². The fourth-order valence-electron chi connectivity index (χ4n) is 1.46. The molecule has 1 unspecified atom stereocenters. The molecule has 0 aromatic heterocycles. The number of carbonyl (C=O) groups is 1. The number of benzene rings is 1. The highest BCUT2D eigenvalue weighted by Gasteiger charge is 2.16. The van der Waals surface area contributed by atoms with Crippen LogP contribution in [0.15, 0.2) is 18.2 Å². The Labute approximate surface area is 123 Å². The summed E-state index contributed by atoms with van der Waals surface area (Å²) >= 11 is 6.06. The summed E-state index contributed by atoms with van der Waals surface area (Å²) in [4.78, 5) is 11.9. The van der Waals surface area contributed by atoms with Gasteiger partial charge in [-0.05, 0) is 12.1 Å². The van der Waals surface area contributed by atoms with E-state index in [1.165, 1.54) is 7.11 Å². The van der Waals surface area contributed by atoms with Crippen LogP contribution in [-0.2, 0) is 14.3 Å². The van der Waals surface area contributed by atoms with E-state index in [0.29, 0.717) is 29.7 Å². The molecule has 0 aliphatic heterocycles. The number of amides is 1. The van der Waals surface area contributed by atoms with Crippen molar-refractivity contribution in [3.63, 3.8) is 0 Å². The summed E-state index contributed by atoms with van der Waals surface area (Å²) in [5, 5.41) is 3.07. The monoisotopic (exact) mass is 302 g/mol. The second kappa shape index (κ2) is 8.76. The topological polar surface area (TPSA) is 82.8 Å². The van der Waals surface area contributed by atoms with E-state index in [1.54, 1.807) is 25.3 Å². The number of hydrogen-bond donors (Lipinski definition) is 2. The van der Waals surface area contributed by atoms with Crippen LogP contribution >= 0.6 is 11.6 Å². The largest absolute Gasteiger partial charge is 0.487 e. The van der Waals surface area contributed by atoms with Gasteiger partial charge in [-0.15, -0.1) is 0 Å². The molecule has 1 aromatic carbocycles. The Hall–Kier alpha value is -1.34. The average Bonchev–Trinajstić information content (AvgIpc) is 2.42. The maximum absolute atomic E-state index is 11.9. The molecule has 1 atom stereocenters. The van der Waals surface area contributed by atoms with Crippen LogP contribution in [0, 0.1) is 0 Å². The molecule has 0 saturated carbocycles. The molecule has 0 aliphatic rings. The third-order valence-electron chi connectivity index (χ3n) is 2.44. The number of nitrogens with one attached hydrogen (secondary N) is 1. The Bertz CT molecular complexity index is 442. The maximum Gasteiger partial charge on any atom is 0.243 e. The smallest absolute Gasteiger partial charge is 0.243 e. The summed E-state index contributed by atoms with van der Waals surface area (Å²) in [7, 11) is 3.05. The molecule has 20 heavy (non-hydrogen) atoms. The summed E-state index contributed by atoms with van der Waals surface area (Å²) in [5.74, 6) is 0.0230. The molecule has 0 fully saturated rings. The number of methoxy groups -OCH3 is 2. The molecule has 0 spiro atoms. The van der Waals surface area contributed by atoms with Crippen LogP contribution in [0.2, 0.25) is 5.02 Å². The highest BCUT2D eigenvalue weighted by Crippen LogP contribution is 2.32. The van der Waals surface area contributed by atoms with Gasteiger partial charge in [-0.1, -0.05) is 17.7 Å². The molecular formula is C13H19ClN2O4. The second-order valence-corrected chi connectivity index (χ2v) is 4.42. The summed E-state index contributed by atoms with van der Waals surface area (Å²) in [6.45, 7) is 0.876. The lowest BCUT2D eigenvalue weighted by Gasteiger charge is -2.16. The van der Waals surface area contributed by atoms with Gasteiger partial charge < -0.3 is 25.3 Å². The van der Waals surface area contributed by atoms with Gasteiger partial charge in [0.15, 0.2) is 5.75 Å². The van der Waals surface area contributed by atoms with Crippen LogP contribution in [0.4, 0.5) is 5.69 Å². The normalized spacial score (nSPS) is 12.0. The Balaban J connectivity index is 2.78. The predicted molar refractivity (Wildman–Crippen MR) is 77.3 cm³/mol. The van der Waals surface area contributed by atoms with Crippen molar-refractivity contribution >= 4 is 23.2 Å². The van der Waals surface area contributed by atoms with Crippen molar-refractivity contribution in [2.45, 2.75) is 6.04 Å². The van der Waals surface area contributed by atoms with Crippen LogP contribution in [0.3, 0.4) is 0 Å². The van der Waals surface area contributed by atoms with E-state index in [4.69, 9.17) is 31.5 Å². The first kappa shape index (κ1) is 16.7. The van der Waals surface area contributed by atoms with Crippen molar-refractivity contribution < 1.29 is 19.0 Å². The van der Waals surface area contributed by atoms with E-state index in [1.807, 2.05) is 0 Å². The van der Waals surface area contributed by atoms with E-state index < -0.39 is 6.04 Å². The highest BCUT2D eigenvalue weighted by atomic mass is 35.5. The zero-order chi connectivity index (χ0) is 15.0. The van der Waals surface area contributed by atoms with E-state index in [-0.39, 0.29) is 12.5 Å². The van der Waals surface area contributed by atoms with Gasteiger partial charge in [0.05, 0.1) is 23.9 Å². The maximum atomic E-state index is 11.9. The third kappa shape index (κ3) is 4.97. The van der Waals surface area contributed by atoms with E-state index >= 15 is 0 Å². The number of anilines is 1. The third-order valence-corrected chi connectivity index (χ3v) is 2.74. The van der Waals surface area contributed by atoms with Gasteiger partial charge in [0.1, 0.15) is 12.6 Å². The first-order chi connectivity index (χ1) is 9.60. The van der Waals surface area contributed by atoms with E-state index in [2.05, 4.69) is 5.32 Å². The average molecular weight is 303 g/mol. The molecule has 0 aliphatic carbocycles.